The van der Waals surface area contributed by atoms with Gasteiger partial charge in [0.15, 0.2) is 11.6 Å². The molecule has 1 unspecified atom stereocenters. The molecule has 4 nitrogen and oxygen atoms in total. The van der Waals surface area contributed by atoms with Crippen LogP contribution < -0.4 is 5.32 Å². The van der Waals surface area contributed by atoms with Gasteiger partial charge in [-0.3, -0.25) is 0 Å². The molecule has 0 aromatic carbocycles. The topological polar surface area (TPSA) is 47.0 Å². The predicted octanol–water partition coefficient (Wildman–Crippen LogP) is 1.86. The number of aromatic nitrogens is 2. The van der Waals surface area contributed by atoms with Crippen molar-refractivity contribution in [3.63, 3.8) is 0 Å². The van der Waals surface area contributed by atoms with E-state index in [0.29, 0.717) is 30.5 Å². The monoisotopic (exact) mass is 225 g/mol. The molecule has 0 amide bonds. The van der Waals surface area contributed by atoms with Crippen molar-refractivity contribution in [2.24, 2.45) is 0 Å². The maximum Gasteiger partial charge on any atom is 0.186 e. The van der Waals surface area contributed by atoms with E-state index in [1.54, 1.807) is 6.92 Å². The average Bonchev–Trinajstić information content (AvgIpc) is 2.78. The molecular formula is C11H16FN3O. The summed E-state index contributed by atoms with van der Waals surface area (Å²) in [4.78, 5) is 8.42. The molecule has 1 aromatic rings. The lowest BCUT2D eigenvalue weighted by molar-refractivity contribution is 0.193. The predicted molar refractivity (Wildman–Crippen MR) is 59.1 cm³/mol. The molecule has 1 aliphatic heterocycles. The molecule has 1 fully saturated rings. The molecule has 1 atom stereocenters. The fraction of sp³-hybridized carbons (Fsp3) is 0.636. The zero-order valence-electron chi connectivity index (χ0n) is 9.59. The number of aryl methyl sites for hydroxylation is 1. The van der Waals surface area contributed by atoms with Crippen LogP contribution >= 0.6 is 0 Å². The average molecular weight is 225 g/mol. The number of halogens is 1. The van der Waals surface area contributed by atoms with Gasteiger partial charge in [0.25, 0.3) is 0 Å². The van der Waals surface area contributed by atoms with Gasteiger partial charge in [-0.2, -0.15) is 0 Å². The zero-order valence-corrected chi connectivity index (χ0v) is 9.59. The lowest BCUT2D eigenvalue weighted by atomic mass is 10.1. The molecule has 1 N–H and O–H groups in total. The lowest BCUT2D eigenvalue weighted by Gasteiger charge is -2.11. The first-order valence-electron chi connectivity index (χ1n) is 5.58. The van der Waals surface area contributed by atoms with E-state index in [-0.39, 0.29) is 11.7 Å². The fourth-order valence-electron chi connectivity index (χ4n) is 1.79. The van der Waals surface area contributed by atoms with E-state index in [0.717, 1.165) is 13.0 Å². The molecule has 0 spiro atoms. The Bertz CT molecular complexity index is 378. The molecule has 2 rings (SSSR count). The van der Waals surface area contributed by atoms with Crippen molar-refractivity contribution < 1.29 is 9.13 Å². The van der Waals surface area contributed by atoms with Crippen molar-refractivity contribution in [3.8, 4) is 0 Å². The van der Waals surface area contributed by atoms with E-state index in [4.69, 9.17) is 4.74 Å². The van der Waals surface area contributed by atoms with Gasteiger partial charge in [-0.15, -0.1) is 0 Å². The summed E-state index contributed by atoms with van der Waals surface area (Å²) < 4.78 is 18.9. The smallest absolute Gasteiger partial charge is 0.186 e. The Kier molecular flexibility index (Phi) is 3.33. The molecule has 1 aliphatic rings. The van der Waals surface area contributed by atoms with Crippen molar-refractivity contribution in [3.05, 3.63) is 17.3 Å². The van der Waals surface area contributed by atoms with Gasteiger partial charge < -0.3 is 10.1 Å². The van der Waals surface area contributed by atoms with Crippen LogP contribution in [-0.2, 0) is 4.74 Å². The van der Waals surface area contributed by atoms with Crippen LogP contribution in [0.2, 0.25) is 0 Å². The van der Waals surface area contributed by atoms with Crippen LogP contribution in [-0.4, -0.2) is 29.7 Å². The van der Waals surface area contributed by atoms with Gasteiger partial charge in [0.2, 0.25) is 0 Å². The standard InChI is InChI=1S/C11H16FN3O/c1-3-13-11-9(12)7(2)14-10(15-11)8-4-5-16-6-8/h8H,3-6H2,1-2H3,(H,13,14,15). The van der Waals surface area contributed by atoms with E-state index < -0.39 is 0 Å². The van der Waals surface area contributed by atoms with Gasteiger partial charge in [0.1, 0.15) is 5.82 Å². The minimum absolute atomic E-state index is 0.205. The first kappa shape index (κ1) is 11.3. The van der Waals surface area contributed by atoms with E-state index in [1.807, 2.05) is 6.92 Å². The highest BCUT2D eigenvalue weighted by Crippen LogP contribution is 2.24. The van der Waals surface area contributed by atoms with Crippen molar-refractivity contribution in [1.82, 2.24) is 9.97 Å². The molecule has 2 heterocycles. The summed E-state index contributed by atoms with van der Waals surface area (Å²) in [5.74, 6) is 0.838. The van der Waals surface area contributed by atoms with Crippen LogP contribution in [0.5, 0.6) is 0 Å². The van der Waals surface area contributed by atoms with Crippen LogP contribution in [0.25, 0.3) is 0 Å². The third kappa shape index (κ3) is 2.14. The van der Waals surface area contributed by atoms with E-state index in [2.05, 4.69) is 15.3 Å². The summed E-state index contributed by atoms with van der Waals surface area (Å²) in [6.45, 7) is 5.60. The Hall–Kier alpha value is -1.23. The van der Waals surface area contributed by atoms with Crippen LogP contribution in [0.4, 0.5) is 10.2 Å². The third-order valence-corrected chi connectivity index (χ3v) is 2.67. The highest BCUT2D eigenvalue weighted by atomic mass is 19.1. The van der Waals surface area contributed by atoms with Crippen LogP contribution in [0, 0.1) is 12.7 Å². The molecule has 5 heteroatoms. The summed E-state index contributed by atoms with van der Waals surface area (Å²) in [6, 6.07) is 0. The van der Waals surface area contributed by atoms with Crippen LogP contribution in [0.3, 0.4) is 0 Å². The molecular weight excluding hydrogens is 209 g/mol. The number of anilines is 1. The van der Waals surface area contributed by atoms with Gasteiger partial charge in [0.05, 0.1) is 12.3 Å². The van der Waals surface area contributed by atoms with E-state index in [9.17, 15) is 4.39 Å². The van der Waals surface area contributed by atoms with Crippen molar-refractivity contribution in [2.75, 3.05) is 25.1 Å². The maximum absolute atomic E-state index is 13.6. The first-order chi connectivity index (χ1) is 7.72. The number of ether oxygens (including phenoxy) is 1. The van der Waals surface area contributed by atoms with Gasteiger partial charge >= 0.3 is 0 Å². The SMILES string of the molecule is CCNc1nc(C2CCOC2)nc(C)c1F. The maximum atomic E-state index is 13.6. The minimum Gasteiger partial charge on any atom is -0.381 e. The van der Waals surface area contributed by atoms with Crippen LogP contribution in [0.15, 0.2) is 0 Å². The number of nitrogens with zero attached hydrogens (tertiary/aromatic N) is 2. The second kappa shape index (κ2) is 4.74. The fourth-order valence-corrected chi connectivity index (χ4v) is 1.79. The second-order valence-corrected chi connectivity index (χ2v) is 3.92. The number of nitrogens with one attached hydrogen (secondary N) is 1. The zero-order chi connectivity index (χ0) is 11.5. The Morgan fingerprint density at radius 3 is 2.94 bits per heavy atom. The van der Waals surface area contributed by atoms with Gasteiger partial charge in [0, 0.05) is 19.1 Å². The molecule has 16 heavy (non-hydrogen) atoms. The lowest BCUT2D eigenvalue weighted by Crippen LogP contribution is -2.11. The summed E-state index contributed by atoms with van der Waals surface area (Å²) in [7, 11) is 0. The largest absolute Gasteiger partial charge is 0.381 e. The van der Waals surface area contributed by atoms with Gasteiger partial charge in [-0.05, 0) is 20.3 Å². The number of rotatable bonds is 3. The molecule has 88 valence electrons. The number of hydrogen-bond acceptors (Lipinski definition) is 4. The summed E-state index contributed by atoms with van der Waals surface area (Å²) in [5, 5.41) is 2.91. The highest BCUT2D eigenvalue weighted by Gasteiger charge is 2.22. The van der Waals surface area contributed by atoms with E-state index >= 15 is 0 Å². The summed E-state index contributed by atoms with van der Waals surface area (Å²) in [6.07, 6.45) is 0.913. The van der Waals surface area contributed by atoms with Crippen LogP contribution in [0.1, 0.15) is 30.8 Å². The quantitative estimate of drug-likeness (QED) is 0.853. The van der Waals surface area contributed by atoms with Crippen molar-refractivity contribution in [2.45, 2.75) is 26.2 Å². The Balaban J connectivity index is 2.31. The van der Waals surface area contributed by atoms with Crippen molar-refractivity contribution >= 4 is 5.82 Å². The second-order valence-electron chi connectivity index (χ2n) is 3.92. The third-order valence-electron chi connectivity index (χ3n) is 2.67. The minimum atomic E-state index is -0.357. The van der Waals surface area contributed by atoms with Gasteiger partial charge in [-0.25, -0.2) is 14.4 Å². The Morgan fingerprint density at radius 1 is 1.50 bits per heavy atom. The molecule has 1 saturated heterocycles. The molecule has 1 aromatic heterocycles. The summed E-state index contributed by atoms with van der Waals surface area (Å²) >= 11 is 0. The highest BCUT2D eigenvalue weighted by molar-refractivity contribution is 5.38. The van der Waals surface area contributed by atoms with Crippen molar-refractivity contribution in [1.29, 1.82) is 0 Å². The first-order valence-corrected chi connectivity index (χ1v) is 5.58. The molecule has 0 saturated carbocycles. The molecule has 0 aliphatic carbocycles. The summed E-state index contributed by atoms with van der Waals surface area (Å²) in [5.41, 5.74) is 0.396. The molecule has 0 bridgehead atoms. The number of hydrogen-bond donors (Lipinski definition) is 1. The van der Waals surface area contributed by atoms with Gasteiger partial charge in [-0.1, -0.05) is 0 Å². The van der Waals surface area contributed by atoms with E-state index in [1.165, 1.54) is 0 Å². The Morgan fingerprint density at radius 2 is 2.31 bits per heavy atom. The normalized spacial score (nSPS) is 20.1. The molecule has 0 radical (unpaired) electrons. The Labute approximate surface area is 94.2 Å².